The average Bonchev–Trinajstić information content (AvgIpc) is 2.74. The van der Waals surface area contributed by atoms with E-state index in [2.05, 4.69) is 9.98 Å². The summed E-state index contributed by atoms with van der Waals surface area (Å²) in [6, 6.07) is 6.34. The molecule has 0 amide bonds. The minimum Gasteiger partial charge on any atom is -0.494 e. The van der Waals surface area contributed by atoms with Gasteiger partial charge >= 0.3 is 11.7 Å². The minimum atomic E-state index is -0.659. The highest BCUT2D eigenvalue weighted by molar-refractivity contribution is 6.03. The number of aromatic amines is 1. The number of hydrogen-bond donors (Lipinski definition) is 2. The number of esters is 1. The smallest absolute Gasteiger partial charge is 0.338 e. The highest BCUT2D eigenvalue weighted by atomic mass is 16.5. The van der Waals surface area contributed by atoms with Crippen LogP contribution in [0.2, 0.25) is 0 Å². The third-order valence-corrected chi connectivity index (χ3v) is 5.32. The summed E-state index contributed by atoms with van der Waals surface area (Å²) in [7, 11) is 0. The van der Waals surface area contributed by atoms with Crippen molar-refractivity contribution in [1.29, 1.82) is 0 Å². The Bertz CT molecular complexity index is 1040. The Balaban J connectivity index is 2.01. The van der Waals surface area contributed by atoms with Gasteiger partial charge in [-0.15, -0.1) is 0 Å². The molecule has 8 nitrogen and oxygen atoms in total. The summed E-state index contributed by atoms with van der Waals surface area (Å²) in [4.78, 5) is 43.6. The van der Waals surface area contributed by atoms with Gasteiger partial charge in [-0.2, -0.15) is 0 Å². The summed E-state index contributed by atoms with van der Waals surface area (Å²) in [6.07, 6.45) is 5.00. The molecule has 0 radical (unpaired) electrons. The Labute approximate surface area is 174 Å². The SMILES string of the molecule is CCOC(=O)c1ccc(N=C(CC)c2c(O)n(C3CCCCC3)c(=O)[nH]c2=O)cc1. The number of rotatable bonds is 6. The molecule has 30 heavy (non-hydrogen) atoms. The van der Waals surface area contributed by atoms with Crippen LogP contribution in [0.3, 0.4) is 0 Å². The summed E-state index contributed by atoms with van der Waals surface area (Å²) in [6.45, 7) is 3.85. The van der Waals surface area contributed by atoms with E-state index in [0.29, 0.717) is 23.4 Å². The van der Waals surface area contributed by atoms with Crippen LogP contribution >= 0.6 is 0 Å². The number of benzene rings is 1. The van der Waals surface area contributed by atoms with Gasteiger partial charge < -0.3 is 9.84 Å². The predicted molar refractivity (Wildman–Crippen MR) is 114 cm³/mol. The van der Waals surface area contributed by atoms with Crippen molar-refractivity contribution in [2.45, 2.75) is 58.4 Å². The summed E-state index contributed by atoms with van der Waals surface area (Å²) >= 11 is 0. The molecule has 0 bridgehead atoms. The van der Waals surface area contributed by atoms with Crippen LogP contribution in [0, 0.1) is 0 Å². The number of aliphatic imine (C=N–C) groups is 1. The third-order valence-electron chi connectivity index (χ3n) is 5.32. The van der Waals surface area contributed by atoms with Crippen LogP contribution in [0.25, 0.3) is 0 Å². The fourth-order valence-corrected chi connectivity index (χ4v) is 3.83. The standard InChI is InChI=1S/C22H27N3O5/c1-3-17(23-15-12-10-14(11-13-15)21(28)30-4-2)18-19(26)24-22(29)25(20(18)27)16-8-6-5-7-9-16/h10-13,16,27H,3-9H2,1-2H3,(H,24,26,29). The molecule has 0 saturated heterocycles. The van der Waals surface area contributed by atoms with Crippen molar-refractivity contribution in [3.63, 3.8) is 0 Å². The second kappa shape index (κ2) is 9.56. The third kappa shape index (κ3) is 4.53. The maximum absolute atomic E-state index is 12.5. The van der Waals surface area contributed by atoms with Crippen LogP contribution in [0.1, 0.15) is 74.3 Å². The van der Waals surface area contributed by atoms with E-state index >= 15 is 0 Å². The summed E-state index contributed by atoms with van der Waals surface area (Å²) < 4.78 is 6.26. The number of aromatic nitrogens is 2. The topological polar surface area (TPSA) is 114 Å². The normalized spacial score (nSPS) is 15.2. The second-order valence-electron chi connectivity index (χ2n) is 7.30. The molecule has 3 rings (SSSR count). The number of aromatic hydroxyl groups is 1. The molecule has 8 heteroatoms. The Morgan fingerprint density at radius 1 is 1.17 bits per heavy atom. The average molecular weight is 413 g/mol. The monoisotopic (exact) mass is 413 g/mol. The van der Waals surface area contributed by atoms with E-state index < -0.39 is 17.2 Å². The van der Waals surface area contributed by atoms with Gasteiger partial charge in [-0.05, 0) is 50.5 Å². The maximum atomic E-state index is 12.5. The number of nitrogens with zero attached hydrogens (tertiary/aromatic N) is 2. The van der Waals surface area contributed by atoms with Gasteiger partial charge in [-0.1, -0.05) is 26.2 Å². The van der Waals surface area contributed by atoms with E-state index in [-0.39, 0.29) is 24.1 Å². The molecular weight excluding hydrogens is 386 g/mol. The van der Waals surface area contributed by atoms with Crippen LogP contribution in [-0.2, 0) is 4.74 Å². The molecule has 1 aliphatic rings. The van der Waals surface area contributed by atoms with Gasteiger partial charge in [-0.3, -0.25) is 19.3 Å². The molecule has 2 aromatic rings. The maximum Gasteiger partial charge on any atom is 0.338 e. The van der Waals surface area contributed by atoms with E-state index in [0.717, 1.165) is 32.1 Å². The Morgan fingerprint density at radius 3 is 2.43 bits per heavy atom. The molecule has 1 fully saturated rings. The molecule has 1 heterocycles. The molecule has 1 aromatic heterocycles. The van der Waals surface area contributed by atoms with Gasteiger partial charge in [0, 0.05) is 6.04 Å². The summed E-state index contributed by atoms with van der Waals surface area (Å²) in [5, 5.41) is 10.9. The molecule has 0 atom stereocenters. The lowest BCUT2D eigenvalue weighted by atomic mass is 9.95. The van der Waals surface area contributed by atoms with Crippen LogP contribution in [0.5, 0.6) is 5.88 Å². The van der Waals surface area contributed by atoms with Gasteiger partial charge in [0.05, 0.1) is 23.6 Å². The van der Waals surface area contributed by atoms with E-state index in [9.17, 15) is 19.5 Å². The molecule has 1 saturated carbocycles. The number of hydrogen-bond acceptors (Lipinski definition) is 6. The van der Waals surface area contributed by atoms with Crippen LogP contribution in [0.15, 0.2) is 38.8 Å². The number of H-pyrrole nitrogens is 1. The lowest BCUT2D eigenvalue weighted by Crippen LogP contribution is -2.36. The van der Waals surface area contributed by atoms with Crippen molar-refractivity contribution in [3.8, 4) is 5.88 Å². The first-order valence-corrected chi connectivity index (χ1v) is 10.4. The van der Waals surface area contributed by atoms with E-state index in [4.69, 9.17) is 4.74 Å². The Kier molecular flexibility index (Phi) is 6.87. The van der Waals surface area contributed by atoms with E-state index in [1.54, 1.807) is 31.2 Å². The second-order valence-corrected chi connectivity index (χ2v) is 7.30. The van der Waals surface area contributed by atoms with Crippen molar-refractivity contribution in [3.05, 3.63) is 56.2 Å². The molecule has 160 valence electrons. The highest BCUT2D eigenvalue weighted by Gasteiger charge is 2.24. The number of ether oxygens (including phenoxy) is 1. The van der Waals surface area contributed by atoms with Gasteiger partial charge in [0.1, 0.15) is 5.56 Å². The van der Waals surface area contributed by atoms with E-state index in [1.165, 1.54) is 4.57 Å². The zero-order valence-electron chi connectivity index (χ0n) is 17.3. The number of nitrogens with one attached hydrogen (secondary N) is 1. The van der Waals surface area contributed by atoms with Crippen molar-refractivity contribution >= 4 is 17.4 Å². The molecular formula is C22H27N3O5. The molecule has 0 aliphatic heterocycles. The number of carbonyl (C=O) groups excluding carboxylic acids is 1. The highest BCUT2D eigenvalue weighted by Crippen LogP contribution is 2.30. The first-order chi connectivity index (χ1) is 14.5. The Morgan fingerprint density at radius 2 is 1.83 bits per heavy atom. The van der Waals surface area contributed by atoms with Crippen LogP contribution < -0.4 is 11.2 Å². The van der Waals surface area contributed by atoms with Crippen LogP contribution in [0.4, 0.5) is 5.69 Å². The first kappa shape index (κ1) is 21.5. The fourth-order valence-electron chi connectivity index (χ4n) is 3.83. The fraction of sp³-hybridized carbons (Fsp3) is 0.455. The van der Waals surface area contributed by atoms with Crippen molar-refractivity contribution in [2.75, 3.05) is 6.61 Å². The van der Waals surface area contributed by atoms with Gasteiger partial charge in [0.25, 0.3) is 5.56 Å². The Hall–Kier alpha value is -3.16. The van der Waals surface area contributed by atoms with Crippen LogP contribution in [-0.4, -0.2) is 32.9 Å². The van der Waals surface area contributed by atoms with Crippen molar-refractivity contribution < 1.29 is 14.6 Å². The largest absolute Gasteiger partial charge is 0.494 e. The molecule has 1 aromatic carbocycles. The minimum absolute atomic E-state index is 0.0112. The van der Waals surface area contributed by atoms with E-state index in [1.807, 2.05) is 6.92 Å². The number of carbonyl (C=O) groups is 1. The zero-order valence-corrected chi connectivity index (χ0v) is 17.3. The quantitative estimate of drug-likeness (QED) is 0.556. The summed E-state index contributed by atoms with van der Waals surface area (Å²) in [5.41, 5.74) is 0.0459. The molecule has 0 spiro atoms. The molecule has 2 N–H and O–H groups in total. The predicted octanol–water partition coefficient (Wildman–Crippen LogP) is 3.45. The van der Waals surface area contributed by atoms with Gasteiger partial charge in [0.2, 0.25) is 5.88 Å². The van der Waals surface area contributed by atoms with Crippen molar-refractivity contribution in [2.24, 2.45) is 4.99 Å². The lowest BCUT2D eigenvalue weighted by Gasteiger charge is -2.25. The van der Waals surface area contributed by atoms with Gasteiger partial charge in [-0.25, -0.2) is 9.59 Å². The van der Waals surface area contributed by atoms with Gasteiger partial charge in [0.15, 0.2) is 0 Å². The molecule has 0 unspecified atom stereocenters. The van der Waals surface area contributed by atoms with Crippen molar-refractivity contribution in [1.82, 2.24) is 9.55 Å². The zero-order chi connectivity index (χ0) is 21.7. The first-order valence-electron chi connectivity index (χ1n) is 10.4. The summed E-state index contributed by atoms with van der Waals surface area (Å²) in [5.74, 6) is -0.753. The lowest BCUT2D eigenvalue weighted by molar-refractivity contribution is 0.0526. The molecule has 1 aliphatic carbocycles.